The monoisotopic (exact) mass is 314 g/mol. The fourth-order valence-electron chi connectivity index (χ4n) is 1.50. The molecular weight excluding hydrogens is 300 g/mol. The fourth-order valence-corrected chi connectivity index (χ4v) is 1.66. The summed E-state index contributed by atoms with van der Waals surface area (Å²) in [5.41, 5.74) is 0.149. The molecule has 7 nitrogen and oxygen atoms in total. The molecule has 0 unspecified atom stereocenters. The Morgan fingerprint density at radius 1 is 1.38 bits per heavy atom. The highest BCUT2D eigenvalue weighted by Gasteiger charge is 2.17. The van der Waals surface area contributed by atoms with E-state index in [9.17, 15) is 14.4 Å². The average Bonchev–Trinajstić information content (AvgIpc) is 2.46. The normalized spacial score (nSPS) is 9.86. The first-order chi connectivity index (χ1) is 9.88. The predicted octanol–water partition coefficient (Wildman–Crippen LogP) is 2.06. The number of methoxy groups -OCH3 is 1. The molecule has 0 fully saturated rings. The number of amides is 2. The SMILES string of the molecule is CCN(CC(=O)OC)C(=O)Nc1cc(C(=O)O)ccc1Cl. The molecule has 0 heterocycles. The molecule has 2 N–H and O–H groups in total. The maximum atomic E-state index is 12.0. The summed E-state index contributed by atoms with van der Waals surface area (Å²) in [6, 6.07) is 3.37. The molecule has 0 saturated carbocycles. The number of rotatable bonds is 5. The number of nitrogens with one attached hydrogen (secondary N) is 1. The predicted molar refractivity (Wildman–Crippen MR) is 76.7 cm³/mol. The maximum Gasteiger partial charge on any atom is 0.335 e. The Kier molecular flexibility index (Phi) is 5.98. The van der Waals surface area contributed by atoms with Gasteiger partial charge in [-0.3, -0.25) is 4.79 Å². The van der Waals surface area contributed by atoms with E-state index in [1.54, 1.807) is 6.92 Å². The Labute approximate surface area is 126 Å². The van der Waals surface area contributed by atoms with Gasteiger partial charge in [-0.2, -0.15) is 0 Å². The van der Waals surface area contributed by atoms with Gasteiger partial charge in [0.2, 0.25) is 0 Å². The van der Waals surface area contributed by atoms with Crippen LogP contribution in [-0.4, -0.2) is 48.2 Å². The second-order valence-corrected chi connectivity index (χ2v) is 4.43. The van der Waals surface area contributed by atoms with Gasteiger partial charge in [0.15, 0.2) is 0 Å². The Morgan fingerprint density at radius 2 is 2.05 bits per heavy atom. The number of esters is 1. The number of carbonyl (C=O) groups excluding carboxylic acids is 2. The van der Waals surface area contributed by atoms with Gasteiger partial charge in [-0.05, 0) is 25.1 Å². The number of urea groups is 1. The lowest BCUT2D eigenvalue weighted by molar-refractivity contribution is -0.141. The number of halogens is 1. The summed E-state index contributed by atoms with van der Waals surface area (Å²) in [6.07, 6.45) is 0. The minimum absolute atomic E-state index is 0.00860. The van der Waals surface area contributed by atoms with Crippen LogP contribution >= 0.6 is 11.6 Å². The minimum Gasteiger partial charge on any atom is -0.478 e. The van der Waals surface area contributed by atoms with Gasteiger partial charge >= 0.3 is 18.0 Å². The van der Waals surface area contributed by atoms with E-state index in [1.807, 2.05) is 0 Å². The summed E-state index contributed by atoms with van der Waals surface area (Å²) in [4.78, 5) is 35.3. The third-order valence-electron chi connectivity index (χ3n) is 2.67. The first-order valence-electron chi connectivity index (χ1n) is 6.04. The number of carbonyl (C=O) groups is 3. The van der Waals surface area contributed by atoms with Crippen molar-refractivity contribution in [3.8, 4) is 0 Å². The van der Waals surface area contributed by atoms with Crippen molar-refractivity contribution < 1.29 is 24.2 Å². The second kappa shape index (κ2) is 7.49. The number of carboxylic acid groups (broad SMARTS) is 1. The molecule has 0 bridgehead atoms. The molecule has 0 spiro atoms. The summed E-state index contributed by atoms with van der Waals surface area (Å²) in [7, 11) is 1.22. The number of carboxylic acids is 1. The van der Waals surface area contributed by atoms with E-state index in [-0.39, 0.29) is 29.4 Å². The number of nitrogens with zero attached hydrogens (tertiary/aromatic N) is 1. The first-order valence-corrected chi connectivity index (χ1v) is 6.42. The van der Waals surface area contributed by atoms with Gasteiger partial charge in [-0.25, -0.2) is 9.59 Å². The van der Waals surface area contributed by atoms with E-state index in [0.717, 1.165) is 0 Å². The molecule has 1 aromatic rings. The van der Waals surface area contributed by atoms with Crippen LogP contribution in [0.1, 0.15) is 17.3 Å². The summed E-state index contributed by atoms with van der Waals surface area (Å²) >= 11 is 5.91. The van der Waals surface area contributed by atoms with Crippen molar-refractivity contribution in [1.82, 2.24) is 4.90 Å². The Morgan fingerprint density at radius 3 is 2.57 bits per heavy atom. The van der Waals surface area contributed by atoms with Crippen molar-refractivity contribution in [2.45, 2.75) is 6.92 Å². The molecule has 21 heavy (non-hydrogen) atoms. The average molecular weight is 315 g/mol. The van der Waals surface area contributed by atoms with Crippen LogP contribution in [0.5, 0.6) is 0 Å². The lowest BCUT2D eigenvalue weighted by Gasteiger charge is -2.20. The van der Waals surface area contributed by atoms with Crippen LogP contribution in [0.2, 0.25) is 5.02 Å². The highest BCUT2D eigenvalue weighted by Crippen LogP contribution is 2.23. The Hall–Kier alpha value is -2.28. The van der Waals surface area contributed by atoms with Gasteiger partial charge in [0.05, 0.1) is 23.4 Å². The quantitative estimate of drug-likeness (QED) is 0.811. The van der Waals surface area contributed by atoms with Gasteiger partial charge in [-0.15, -0.1) is 0 Å². The van der Waals surface area contributed by atoms with Crippen LogP contribution in [0.4, 0.5) is 10.5 Å². The third kappa shape index (κ3) is 4.64. The number of aromatic carboxylic acids is 1. The van der Waals surface area contributed by atoms with E-state index < -0.39 is 18.0 Å². The molecule has 1 aromatic carbocycles. The summed E-state index contributed by atoms with van der Waals surface area (Å²) in [6.45, 7) is 1.75. The van der Waals surface area contributed by atoms with Crippen LogP contribution in [0.15, 0.2) is 18.2 Å². The molecule has 114 valence electrons. The minimum atomic E-state index is -1.14. The molecule has 0 radical (unpaired) electrons. The second-order valence-electron chi connectivity index (χ2n) is 4.02. The van der Waals surface area contributed by atoms with Crippen molar-refractivity contribution in [1.29, 1.82) is 0 Å². The number of anilines is 1. The highest BCUT2D eigenvalue weighted by molar-refractivity contribution is 6.33. The van der Waals surface area contributed by atoms with Crippen molar-refractivity contribution in [3.05, 3.63) is 28.8 Å². The maximum absolute atomic E-state index is 12.0. The number of benzene rings is 1. The number of hydrogen-bond acceptors (Lipinski definition) is 4. The van der Waals surface area contributed by atoms with Crippen LogP contribution in [0.25, 0.3) is 0 Å². The molecule has 2 amide bonds. The molecule has 8 heteroatoms. The fraction of sp³-hybridized carbons (Fsp3) is 0.308. The van der Waals surface area contributed by atoms with Crippen molar-refractivity contribution >= 4 is 35.3 Å². The number of likely N-dealkylation sites (N-methyl/N-ethyl adjacent to an activating group) is 1. The van der Waals surface area contributed by atoms with Crippen molar-refractivity contribution in [2.24, 2.45) is 0 Å². The van der Waals surface area contributed by atoms with Gasteiger partial charge < -0.3 is 20.1 Å². The van der Waals surface area contributed by atoms with Crippen molar-refractivity contribution in [2.75, 3.05) is 25.5 Å². The smallest absolute Gasteiger partial charge is 0.335 e. The number of ether oxygens (including phenoxy) is 1. The van der Waals surface area contributed by atoms with Gasteiger partial charge in [0.25, 0.3) is 0 Å². The van der Waals surface area contributed by atoms with E-state index in [2.05, 4.69) is 10.1 Å². The first kappa shape index (κ1) is 16.8. The van der Waals surface area contributed by atoms with Crippen LogP contribution < -0.4 is 5.32 Å². The van der Waals surface area contributed by atoms with Gasteiger partial charge in [0.1, 0.15) is 6.54 Å². The topological polar surface area (TPSA) is 95.9 Å². The van der Waals surface area contributed by atoms with Crippen LogP contribution in [-0.2, 0) is 9.53 Å². The van der Waals surface area contributed by atoms with E-state index in [0.29, 0.717) is 0 Å². The Balaban J connectivity index is 2.88. The highest BCUT2D eigenvalue weighted by atomic mass is 35.5. The Bertz CT molecular complexity index is 561. The molecule has 0 aliphatic rings. The third-order valence-corrected chi connectivity index (χ3v) is 3.00. The van der Waals surface area contributed by atoms with Gasteiger partial charge in [-0.1, -0.05) is 11.6 Å². The largest absolute Gasteiger partial charge is 0.478 e. The molecular formula is C13H15ClN2O5. The lowest BCUT2D eigenvalue weighted by atomic mass is 10.2. The summed E-state index contributed by atoms with van der Waals surface area (Å²) in [5.74, 6) is -1.69. The molecule has 0 aromatic heterocycles. The standard InChI is InChI=1S/C13H15ClN2O5/c1-3-16(7-11(17)21-2)13(20)15-10-6-8(12(18)19)4-5-9(10)14/h4-6H,3,7H2,1-2H3,(H,15,20)(H,18,19). The van der Waals surface area contributed by atoms with Crippen molar-refractivity contribution in [3.63, 3.8) is 0 Å². The molecule has 0 atom stereocenters. The number of hydrogen-bond donors (Lipinski definition) is 2. The van der Waals surface area contributed by atoms with E-state index in [4.69, 9.17) is 16.7 Å². The zero-order valence-electron chi connectivity index (χ0n) is 11.6. The molecule has 0 saturated heterocycles. The van der Waals surface area contributed by atoms with E-state index in [1.165, 1.54) is 30.2 Å². The lowest BCUT2D eigenvalue weighted by Crippen LogP contribution is -2.39. The van der Waals surface area contributed by atoms with Gasteiger partial charge in [0, 0.05) is 6.54 Å². The summed E-state index contributed by atoms with van der Waals surface area (Å²) in [5, 5.41) is 11.6. The molecule has 0 aliphatic heterocycles. The van der Waals surface area contributed by atoms with Crippen LogP contribution in [0.3, 0.4) is 0 Å². The molecule has 0 aliphatic carbocycles. The van der Waals surface area contributed by atoms with Crippen LogP contribution in [0, 0.1) is 0 Å². The molecule has 1 rings (SSSR count). The van der Waals surface area contributed by atoms with E-state index >= 15 is 0 Å². The summed E-state index contributed by atoms with van der Waals surface area (Å²) < 4.78 is 4.49. The zero-order chi connectivity index (χ0) is 16.0. The zero-order valence-corrected chi connectivity index (χ0v) is 12.3.